The SMILES string of the molecule is Cc1ccc(S(=O)(=O)N/N=C/c2cc(Cl)c(C)cc2O)cc1. The smallest absolute Gasteiger partial charge is 0.276 e. The van der Waals surface area contributed by atoms with Crippen molar-refractivity contribution in [3.05, 3.63) is 58.1 Å². The third-order valence-corrected chi connectivity index (χ3v) is 4.66. The summed E-state index contributed by atoms with van der Waals surface area (Å²) < 4.78 is 24.1. The van der Waals surface area contributed by atoms with Crippen LogP contribution in [0.25, 0.3) is 0 Å². The van der Waals surface area contributed by atoms with E-state index in [2.05, 4.69) is 9.93 Å². The van der Waals surface area contributed by atoms with Gasteiger partial charge in [-0.15, -0.1) is 0 Å². The standard InChI is InChI=1S/C15H15ClN2O3S/c1-10-3-5-13(6-4-10)22(20,21)18-17-9-12-8-14(16)11(2)7-15(12)19/h3-9,18-19H,1-2H3/b17-9+. The van der Waals surface area contributed by atoms with E-state index in [1.807, 2.05) is 6.92 Å². The number of hydrogen-bond acceptors (Lipinski definition) is 4. The van der Waals surface area contributed by atoms with Gasteiger partial charge in [0.05, 0.1) is 11.1 Å². The summed E-state index contributed by atoms with van der Waals surface area (Å²) >= 11 is 5.95. The second kappa shape index (κ2) is 6.37. The fourth-order valence-electron chi connectivity index (χ4n) is 1.72. The maximum atomic E-state index is 12.0. The third-order valence-electron chi connectivity index (χ3n) is 3.02. The zero-order valence-electron chi connectivity index (χ0n) is 12.0. The van der Waals surface area contributed by atoms with E-state index in [0.717, 1.165) is 11.1 Å². The van der Waals surface area contributed by atoms with Crippen LogP contribution in [0.4, 0.5) is 0 Å². The van der Waals surface area contributed by atoms with Crippen LogP contribution in [0.1, 0.15) is 16.7 Å². The molecule has 0 atom stereocenters. The Hall–Kier alpha value is -2.05. The zero-order valence-corrected chi connectivity index (χ0v) is 13.6. The van der Waals surface area contributed by atoms with Crippen LogP contribution in [0.3, 0.4) is 0 Å². The van der Waals surface area contributed by atoms with Crippen molar-refractivity contribution in [1.82, 2.24) is 4.83 Å². The molecule has 2 N–H and O–H groups in total. The van der Waals surface area contributed by atoms with Gasteiger partial charge in [0.1, 0.15) is 5.75 Å². The van der Waals surface area contributed by atoms with Crippen molar-refractivity contribution >= 4 is 27.8 Å². The Kier molecular flexibility index (Phi) is 4.73. The number of benzene rings is 2. The predicted molar refractivity (Wildman–Crippen MR) is 86.9 cm³/mol. The summed E-state index contributed by atoms with van der Waals surface area (Å²) in [4.78, 5) is 2.20. The highest BCUT2D eigenvalue weighted by Gasteiger charge is 2.12. The highest BCUT2D eigenvalue weighted by Crippen LogP contribution is 2.24. The number of hydrazone groups is 1. The van der Waals surface area contributed by atoms with E-state index >= 15 is 0 Å². The summed E-state index contributed by atoms with van der Waals surface area (Å²) in [7, 11) is -3.74. The summed E-state index contributed by atoms with van der Waals surface area (Å²) in [5, 5.41) is 13.9. The van der Waals surface area contributed by atoms with Gasteiger partial charge in [0.15, 0.2) is 0 Å². The van der Waals surface area contributed by atoms with Gasteiger partial charge >= 0.3 is 0 Å². The molecule has 0 aliphatic rings. The first-order chi connectivity index (χ1) is 10.3. The molecule has 0 unspecified atom stereocenters. The molecule has 7 heteroatoms. The van der Waals surface area contributed by atoms with Crippen LogP contribution in [-0.2, 0) is 10.0 Å². The highest BCUT2D eigenvalue weighted by molar-refractivity contribution is 7.89. The molecular formula is C15H15ClN2O3S. The van der Waals surface area contributed by atoms with Crippen LogP contribution in [-0.4, -0.2) is 19.7 Å². The molecule has 0 fully saturated rings. The van der Waals surface area contributed by atoms with Gasteiger partial charge in [-0.25, -0.2) is 4.83 Å². The van der Waals surface area contributed by atoms with E-state index in [0.29, 0.717) is 10.6 Å². The largest absolute Gasteiger partial charge is 0.507 e. The van der Waals surface area contributed by atoms with E-state index in [9.17, 15) is 13.5 Å². The van der Waals surface area contributed by atoms with Crippen molar-refractivity contribution in [3.63, 3.8) is 0 Å². The van der Waals surface area contributed by atoms with Crippen molar-refractivity contribution in [2.75, 3.05) is 0 Å². The Morgan fingerprint density at radius 3 is 2.45 bits per heavy atom. The van der Waals surface area contributed by atoms with Crippen LogP contribution in [0.15, 0.2) is 46.4 Å². The van der Waals surface area contributed by atoms with Gasteiger partial charge in [-0.05, 0) is 43.7 Å². The minimum Gasteiger partial charge on any atom is -0.507 e. The lowest BCUT2D eigenvalue weighted by Crippen LogP contribution is -2.18. The Morgan fingerprint density at radius 1 is 1.18 bits per heavy atom. The lowest BCUT2D eigenvalue weighted by atomic mass is 10.1. The Bertz CT molecular complexity index is 815. The fourth-order valence-corrected chi connectivity index (χ4v) is 2.68. The van der Waals surface area contributed by atoms with Crippen molar-refractivity contribution in [2.45, 2.75) is 18.7 Å². The molecule has 2 rings (SSSR count). The molecule has 5 nitrogen and oxygen atoms in total. The van der Waals surface area contributed by atoms with Gasteiger partial charge in [0.25, 0.3) is 10.0 Å². The zero-order chi connectivity index (χ0) is 16.3. The fraction of sp³-hybridized carbons (Fsp3) is 0.133. The Morgan fingerprint density at radius 2 is 1.82 bits per heavy atom. The molecule has 0 radical (unpaired) electrons. The summed E-state index contributed by atoms with van der Waals surface area (Å²) in [5.41, 5.74) is 2.00. The second-order valence-corrected chi connectivity index (χ2v) is 6.89. The predicted octanol–water partition coefficient (Wildman–Crippen LogP) is 2.97. The molecule has 0 saturated heterocycles. The van der Waals surface area contributed by atoms with E-state index in [1.165, 1.54) is 30.5 Å². The van der Waals surface area contributed by atoms with Gasteiger partial charge in [0.2, 0.25) is 0 Å². The Balaban J connectivity index is 2.18. The topological polar surface area (TPSA) is 78.8 Å². The number of sulfonamides is 1. The average molecular weight is 339 g/mol. The van der Waals surface area contributed by atoms with Gasteiger partial charge in [-0.1, -0.05) is 29.3 Å². The lowest BCUT2D eigenvalue weighted by Gasteiger charge is -2.05. The normalized spacial score (nSPS) is 11.8. The molecule has 0 amide bonds. The first-order valence-electron chi connectivity index (χ1n) is 6.40. The number of halogens is 1. The van der Waals surface area contributed by atoms with Gasteiger partial charge in [0, 0.05) is 10.6 Å². The number of nitrogens with one attached hydrogen (secondary N) is 1. The summed E-state index contributed by atoms with van der Waals surface area (Å²) in [6.45, 7) is 3.62. The molecular weight excluding hydrogens is 324 g/mol. The van der Waals surface area contributed by atoms with Crippen molar-refractivity contribution in [2.24, 2.45) is 5.10 Å². The molecule has 0 bridgehead atoms. The third kappa shape index (κ3) is 3.78. The van der Waals surface area contributed by atoms with Crippen LogP contribution < -0.4 is 4.83 Å². The number of hydrogen-bond donors (Lipinski definition) is 2. The maximum absolute atomic E-state index is 12.0. The molecule has 116 valence electrons. The van der Waals surface area contributed by atoms with Crippen LogP contribution in [0.2, 0.25) is 5.02 Å². The van der Waals surface area contributed by atoms with Crippen molar-refractivity contribution in [1.29, 1.82) is 0 Å². The van der Waals surface area contributed by atoms with Crippen LogP contribution in [0.5, 0.6) is 5.75 Å². The van der Waals surface area contributed by atoms with Crippen LogP contribution >= 0.6 is 11.6 Å². The van der Waals surface area contributed by atoms with E-state index in [-0.39, 0.29) is 10.6 Å². The van der Waals surface area contributed by atoms with Crippen molar-refractivity contribution in [3.8, 4) is 5.75 Å². The lowest BCUT2D eigenvalue weighted by molar-refractivity contribution is 0.474. The van der Waals surface area contributed by atoms with E-state index in [1.54, 1.807) is 19.1 Å². The van der Waals surface area contributed by atoms with Gasteiger partial charge < -0.3 is 5.11 Å². The quantitative estimate of drug-likeness (QED) is 0.664. The summed E-state index contributed by atoms with van der Waals surface area (Å²) in [6, 6.07) is 9.38. The number of rotatable bonds is 4. The molecule has 0 heterocycles. The molecule has 0 aliphatic carbocycles. The molecule has 2 aromatic carbocycles. The summed E-state index contributed by atoms with van der Waals surface area (Å²) in [6.07, 6.45) is 1.20. The van der Waals surface area contributed by atoms with Gasteiger partial charge in [-0.2, -0.15) is 13.5 Å². The Labute approximate surface area is 134 Å². The monoisotopic (exact) mass is 338 g/mol. The van der Waals surface area contributed by atoms with Crippen LogP contribution in [0, 0.1) is 13.8 Å². The first-order valence-corrected chi connectivity index (χ1v) is 8.26. The van der Waals surface area contributed by atoms with E-state index in [4.69, 9.17) is 11.6 Å². The molecule has 0 aromatic heterocycles. The molecule has 22 heavy (non-hydrogen) atoms. The second-order valence-electron chi connectivity index (χ2n) is 4.83. The van der Waals surface area contributed by atoms with Crippen molar-refractivity contribution < 1.29 is 13.5 Å². The number of phenols is 1. The average Bonchev–Trinajstić information content (AvgIpc) is 2.44. The minimum atomic E-state index is -3.74. The maximum Gasteiger partial charge on any atom is 0.276 e. The molecule has 0 saturated carbocycles. The number of aryl methyl sites for hydroxylation is 2. The first kappa shape index (κ1) is 16.3. The minimum absolute atomic E-state index is 0.0276. The molecule has 0 spiro atoms. The molecule has 0 aliphatic heterocycles. The number of aromatic hydroxyl groups is 1. The molecule has 2 aromatic rings. The van der Waals surface area contributed by atoms with Gasteiger partial charge in [-0.3, -0.25) is 0 Å². The highest BCUT2D eigenvalue weighted by atomic mass is 35.5. The number of nitrogens with zero attached hydrogens (tertiary/aromatic N) is 1. The number of phenolic OH excluding ortho intramolecular Hbond substituents is 1. The van der Waals surface area contributed by atoms with E-state index < -0.39 is 10.0 Å². The summed E-state index contributed by atoms with van der Waals surface area (Å²) in [5.74, 6) is -0.0276.